The first-order valence-electron chi connectivity index (χ1n) is 10.0. The second-order valence-electron chi connectivity index (χ2n) is 7.24. The van der Waals surface area contributed by atoms with Gasteiger partial charge in [0.2, 0.25) is 5.91 Å². The molecule has 0 radical (unpaired) electrons. The number of carbonyl (C=O) groups excluding carboxylic acids is 2. The number of hydrogen-bond donors (Lipinski definition) is 2. The van der Waals surface area contributed by atoms with Crippen LogP contribution in [0.3, 0.4) is 0 Å². The molecule has 32 heavy (non-hydrogen) atoms. The standard InChI is InChI=1S/C23H24F3NO5/c24-23(25,26)15-32-22(31)13-10-19(27-20(28)11-12-21(29)30)14-16-6-8-18(9-7-16)17-4-2-1-3-5-17/h1-9,19H,10-15H2,(H,27,28)(H,29,30). The topological polar surface area (TPSA) is 92.7 Å². The van der Waals surface area contributed by atoms with Gasteiger partial charge in [0, 0.05) is 18.9 Å². The lowest BCUT2D eigenvalue weighted by molar-refractivity contribution is -0.186. The number of hydrogen-bond acceptors (Lipinski definition) is 4. The summed E-state index contributed by atoms with van der Waals surface area (Å²) in [5.74, 6) is -2.66. The molecule has 0 aliphatic rings. The van der Waals surface area contributed by atoms with Gasteiger partial charge in [0.25, 0.3) is 0 Å². The lowest BCUT2D eigenvalue weighted by Crippen LogP contribution is -2.37. The second kappa shape index (κ2) is 11.9. The first-order valence-corrected chi connectivity index (χ1v) is 10.0. The van der Waals surface area contributed by atoms with Gasteiger partial charge in [-0.1, -0.05) is 54.6 Å². The Morgan fingerprint density at radius 1 is 0.906 bits per heavy atom. The van der Waals surface area contributed by atoms with E-state index in [4.69, 9.17) is 5.11 Å². The molecule has 172 valence electrons. The van der Waals surface area contributed by atoms with Crippen molar-refractivity contribution in [2.45, 2.75) is 44.3 Å². The number of carbonyl (C=O) groups is 3. The average molecular weight is 451 g/mol. The molecule has 0 aliphatic carbocycles. The lowest BCUT2D eigenvalue weighted by Gasteiger charge is -2.19. The molecule has 9 heteroatoms. The largest absolute Gasteiger partial charge is 0.481 e. The van der Waals surface area contributed by atoms with E-state index >= 15 is 0 Å². The zero-order chi connectivity index (χ0) is 23.6. The highest BCUT2D eigenvalue weighted by Gasteiger charge is 2.29. The number of aliphatic carboxylic acids is 1. The predicted molar refractivity (Wildman–Crippen MR) is 111 cm³/mol. The molecule has 2 N–H and O–H groups in total. The van der Waals surface area contributed by atoms with Gasteiger partial charge in [0.1, 0.15) is 0 Å². The van der Waals surface area contributed by atoms with E-state index in [0.29, 0.717) is 6.42 Å². The maximum atomic E-state index is 12.2. The van der Waals surface area contributed by atoms with Gasteiger partial charge in [-0.3, -0.25) is 14.4 Å². The Morgan fingerprint density at radius 2 is 1.53 bits per heavy atom. The number of amides is 1. The molecule has 0 aliphatic heterocycles. The number of esters is 1. The van der Waals surface area contributed by atoms with Crippen LogP contribution in [-0.4, -0.2) is 41.8 Å². The van der Waals surface area contributed by atoms with Crippen molar-refractivity contribution in [3.63, 3.8) is 0 Å². The molecule has 2 rings (SSSR count). The Kier molecular flexibility index (Phi) is 9.24. The summed E-state index contributed by atoms with van der Waals surface area (Å²) in [5.41, 5.74) is 2.87. The predicted octanol–water partition coefficient (Wildman–Crippen LogP) is 4.13. The van der Waals surface area contributed by atoms with Gasteiger partial charge >= 0.3 is 18.1 Å². The van der Waals surface area contributed by atoms with Crippen molar-refractivity contribution in [1.29, 1.82) is 0 Å². The van der Waals surface area contributed by atoms with Crippen molar-refractivity contribution < 1.29 is 37.4 Å². The third kappa shape index (κ3) is 9.63. The van der Waals surface area contributed by atoms with Gasteiger partial charge in [-0.15, -0.1) is 0 Å². The highest BCUT2D eigenvalue weighted by Crippen LogP contribution is 2.20. The third-order valence-corrected chi connectivity index (χ3v) is 4.57. The highest BCUT2D eigenvalue weighted by atomic mass is 19.4. The monoisotopic (exact) mass is 451 g/mol. The minimum Gasteiger partial charge on any atom is -0.481 e. The van der Waals surface area contributed by atoms with Crippen LogP contribution < -0.4 is 5.32 Å². The van der Waals surface area contributed by atoms with E-state index in [1.165, 1.54) is 0 Å². The summed E-state index contributed by atoms with van der Waals surface area (Å²) in [7, 11) is 0. The van der Waals surface area contributed by atoms with Crippen LogP contribution >= 0.6 is 0 Å². The van der Waals surface area contributed by atoms with Crippen LogP contribution in [0.1, 0.15) is 31.2 Å². The molecule has 0 fully saturated rings. The van der Waals surface area contributed by atoms with E-state index in [2.05, 4.69) is 10.1 Å². The first-order chi connectivity index (χ1) is 15.1. The summed E-state index contributed by atoms with van der Waals surface area (Å²) >= 11 is 0. The van der Waals surface area contributed by atoms with Crippen LogP contribution in [0, 0.1) is 0 Å². The van der Waals surface area contributed by atoms with Gasteiger partial charge in [-0.25, -0.2) is 0 Å². The Morgan fingerprint density at radius 3 is 2.12 bits per heavy atom. The molecule has 0 aromatic heterocycles. The molecule has 0 bridgehead atoms. The van der Waals surface area contributed by atoms with E-state index in [1.54, 1.807) is 0 Å². The van der Waals surface area contributed by atoms with Crippen LogP contribution in [0.4, 0.5) is 13.2 Å². The van der Waals surface area contributed by atoms with Crippen molar-refractivity contribution >= 4 is 17.8 Å². The molecule has 0 saturated heterocycles. The maximum Gasteiger partial charge on any atom is 0.422 e. The molecule has 0 heterocycles. The fourth-order valence-electron chi connectivity index (χ4n) is 3.02. The molecule has 0 spiro atoms. The van der Waals surface area contributed by atoms with Gasteiger partial charge in [0.05, 0.1) is 6.42 Å². The Bertz CT molecular complexity index is 898. The van der Waals surface area contributed by atoms with E-state index < -0.39 is 36.7 Å². The van der Waals surface area contributed by atoms with E-state index in [1.807, 2.05) is 54.6 Å². The minimum atomic E-state index is -4.61. The molecule has 0 saturated carbocycles. The third-order valence-electron chi connectivity index (χ3n) is 4.57. The average Bonchev–Trinajstić information content (AvgIpc) is 2.75. The van der Waals surface area contributed by atoms with Crippen LogP contribution in [0.5, 0.6) is 0 Å². The number of nitrogens with one attached hydrogen (secondary N) is 1. The lowest BCUT2D eigenvalue weighted by atomic mass is 9.98. The van der Waals surface area contributed by atoms with Crippen molar-refractivity contribution in [3.8, 4) is 11.1 Å². The van der Waals surface area contributed by atoms with Crippen molar-refractivity contribution in [2.24, 2.45) is 0 Å². The van der Waals surface area contributed by atoms with Crippen LogP contribution in [0.15, 0.2) is 54.6 Å². The van der Waals surface area contributed by atoms with Gasteiger partial charge in [0.15, 0.2) is 6.61 Å². The SMILES string of the molecule is O=C(O)CCC(=O)NC(CCC(=O)OCC(F)(F)F)Cc1ccc(-c2ccccc2)cc1. The number of ether oxygens (including phenoxy) is 1. The van der Waals surface area contributed by atoms with Gasteiger partial charge < -0.3 is 15.2 Å². The van der Waals surface area contributed by atoms with E-state index in [-0.39, 0.29) is 25.7 Å². The van der Waals surface area contributed by atoms with Crippen LogP contribution in [0.25, 0.3) is 11.1 Å². The number of carboxylic acids is 1. The fraction of sp³-hybridized carbons (Fsp3) is 0.348. The first kappa shape index (κ1) is 24.9. The van der Waals surface area contributed by atoms with Crippen LogP contribution in [-0.2, 0) is 25.5 Å². The normalized spacial score (nSPS) is 12.1. The molecule has 2 aromatic rings. The van der Waals surface area contributed by atoms with Crippen molar-refractivity contribution in [3.05, 3.63) is 60.2 Å². The number of benzene rings is 2. The van der Waals surface area contributed by atoms with E-state index in [9.17, 15) is 27.6 Å². The van der Waals surface area contributed by atoms with Gasteiger partial charge in [-0.05, 0) is 29.5 Å². The summed E-state index contributed by atoms with van der Waals surface area (Å²) < 4.78 is 40.8. The zero-order valence-electron chi connectivity index (χ0n) is 17.2. The molecule has 1 amide bonds. The molecular weight excluding hydrogens is 427 g/mol. The smallest absolute Gasteiger partial charge is 0.422 e. The quantitative estimate of drug-likeness (QED) is 0.501. The fourth-order valence-corrected chi connectivity index (χ4v) is 3.02. The van der Waals surface area contributed by atoms with Gasteiger partial charge in [-0.2, -0.15) is 13.2 Å². The Hall–Kier alpha value is -3.36. The maximum absolute atomic E-state index is 12.2. The summed E-state index contributed by atoms with van der Waals surface area (Å²) in [6.07, 6.45) is -5.14. The zero-order valence-corrected chi connectivity index (χ0v) is 17.2. The molecule has 6 nitrogen and oxygen atoms in total. The summed E-state index contributed by atoms with van der Waals surface area (Å²) in [6.45, 7) is -1.66. The summed E-state index contributed by atoms with van der Waals surface area (Å²) in [4.78, 5) is 34.4. The highest BCUT2D eigenvalue weighted by molar-refractivity contribution is 5.81. The van der Waals surface area contributed by atoms with E-state index in [0.717, 1.165) is 16.7 Å². The number of halogens is 3. The molecular formula is C23H24F3NO5. The van der Waals surface area contributed by atoms with Crippen LogP contribution in [0.2, 0.25) is 0 Å². The second-order valence-corrected chi connectivity index (χ2v) is 7.24. The molecule has 1 atom stereocenters. The number of alkyl halides is 3. The molecule has 1 unspecified atom stereocenters. The van der Waals surface area contributed by atoms with Crippen molar-refractivity contribution in [1.82, 2.24) is 5.32 Å². The number of carboxylic acid groups (broad SMARTS) is 1. The Labute approximate surface area is 183 Å². The summed E-state index contributed by atoms with van der Waals surface area (Å²) in [5, 5.41) is 11.4. The number of rotatable bonds is 11. The van der Waals surface area contributed by atoms with Crippen molar-refractivity contribution in [2.75, 3.05) is 6.61 Å². The summed E-state index contributed by atoms with van der Waals surface area (Å²) in [6, 6.07) is 16.7. The molecule has 2 aromatic carbocycles. The minimum absolute atomic E-state index is 0.0515. The Balaban J connectivity index is 2.00.